The quantitative estimate of drug-likeness (QED) is 0.383. The molecule has 0 spiro atoms. The van der Waals surface area contributed by atoms with E-state index in [0.29, 0.717) is 18.2 Å². The number of nitrogens with one attached hydrogen (secondary N) is 1. The minimum absolute atomic E-state index is 0.157. The summed E-state index contributed by atoms with van der Waals surface area (Å²) in [4.78, 5) is 33.6. The highest BCUT2D eigenvalue weighted by Gasteiger charge is 2.35. The van der Waals surface area contributed by atoms with Crippen molar-refractivity contribution in [3.05, 3.63) is 65.0 Å². The fraction of sp³-hybridized carbons (Fsp3) is 0.333. The molecule has 37 heavy (non-hydrogen) atoms. The van der Waals surface area contributed by atoms with Crippen LogP contribution in [-0.4, -0.2) is 50.8 Å². The number of hydrogen-bond donors (Lipinski definition) is 1. The molecule has 0 bridgehead atoms. The number of aryl methyl sites for hydroxylation is 1. The summed E-state index contributed by atoms with van der Waals surface area (Å²) in [5.74, 6) is 0.170. The number of likely N-dealkylation sites (tertiary alicyclic amines) is 1. The van der Waals surface area contributed by atoms with Crippen LogP contribution in [0.5, 0.6) is 5.88 Å². The molecule has 0 radical (unpaired) electrons. The van der Waals surface area contributed by atoms with E-state index in [2.05, 4.69) is 10.4 Å². The molecular weight excluding hydrogens is 493 g/mol. The average Bonchev–Trinajstić information content (AvgIpc) is 3.35. The summed E-state index contributed by atoms with van der Waals surface area (Å²) < 4.78 is 20.7. The van der Waals surface area contributed by atoms with Crippen LogP contribution in [0.3, 0.4) is 0 Å². The van der Waals surface area contributed by atoms with Gasteiger partial charge in [0, 0.05) is 32.1 Å². The summed E-state index contributed by atoms with van der Waals surface area (Å²) in [6.45, 7) is 0.852. The Morgan fingerprint density at radius 1 is 1.14 bits per heavy atom. The standard InChI is InChI=1S/C27H26FN5O3S/c1-32-21-7-3-2-6-20(21)24(31-32)36-27(35)29-15-19-5-4-14-33(19)26(34)22-23(16-10-12-18(28)13-11-16)37-25(30-22)17-8-9-17/h2-3,6-7,10-13,17,19H,4-5,8-9,14-15H2,1H3,(H,29,35)/t19-/m0/s1. The first kappa shape index (κ1) is 23.6. The van der Waals surface area contributed by atoms with Crippen LogP contribution in [0.15, 0.2) is 48.5 Å². The lowest BCUT2D eigenvalue weighted by atomic mass is 10.1. The average molecular weight is 520 g/mol. The molecule has 190 valence electrons. The van der Waals surface area contributed by atoms with Crippen LogP contribution in [0.1, 0.15) is 47.1 Å². The van der Waals surface area contributed by atoms with Crippen LogP contribution in [-0.2, 0) is 7.05 Å². The summed E-state index contributed by atoms with van der Waals surface area (Å²) >= 11 is 1.52. The molecule has 1 aliphatic carbocycles. The van der Waals surface area contributed by atoms with Crippen LogP contribution in [0, 0.1) is 5.82 Å². The fourth-order valence-corrected chi connectivity index (χ4v) is 6.05. The predicted octanol–water partition coefficient (Wildman–Crippen LogP) is 5.11. The molecule has 10 heteroatoms. The number of amides is 2. The molecule has 1 saturated heterocycles. The van der Waals surface area contributed by atoms with E-state index in [1.165, 1.54) is 23.5 Å². The number of nitrogens with zero attached hydrogens (tertiary/aromatic N) is 4. The molecule has 4 aromatic rings. The Morgan fingerprint density at radius 2 is 1.92 bits per heavy atom. The molecule has 1 aliphatic heterocycles. The van der Waals surface area contributed by atoms with Crippen molar-refractivity contribution >= 4 is 34.2 Å². The number of thiazole rings is 1. The largest absolute Gasteiger partial charge is 0.414 e. The number of fused-ring (bicyclic) bond motifs is 1. The molecule has 8 nitrogen and oxygen atoms in total. The third-order valence-electron chi connectivity index (χ3n) is 6.91. The zero-order chi connectivity index (χ0) is 25.5. The van der Waals surface area contributed by atoms with E-state index in [4.69, 9.17) is 9.72 Å². The molecule has 2 fully saturated rings. The second-order valence-corrected chi connectivity index (χ2v) is 10.6. The normalized spacial score (nSPS) is 17.4. The van der Waals surface area contributed by atoms with Crippen LogP contribution < -0.4 is 10.1 Å². The van der Waals surface area contributed by atoms with Gasteiger partial charge >= 0.3 is 6.09 Å². The summed E-state index contributed by atoms with van der Waals surface area (Å²) in [6.07, 6.45) is 3.15. The fourth-order valence-electron chi connectivity index (χ4n) is 4.82. The van der Waals surface area contributed by atoms with Gasteiger partial charge in [0.05, 0.1) is 20.8 Å². The Bertz CT molecular complexity index is 1480. The van der Waals surface area contributed by atoms with Crippen LogP contribution in [0.4, 0.5) is 9.18 Å². The van der Waals surface area contributed by atoms with Crippen LogP contribution in [0.2, 0.25) is 0 Å². The van der Waals surface area contributed by atoms with Gasteiger partial charge in [0.2, 0.25) is 0 Å². The topological polar surface area (TPSA) is 89.4 Å². The highest BCUT2D eigenvalue weighted by molar-refractivity contribution is 7.15. The molecule has 1 N–H and O–H groups in total. The Hall–Kier alpha value is -3.79. The van der Waals surface area contributed by atoms with Crippen LogP contribution in [0.25, 0.3) is 21.3 Å². The van der Waals surface area contributed by atoms with Crippen LogP contribution >= 0.6 is 11.3 Å². The molecule has 2 aromatic heterocycles. The predicted molar refractivity (Wildman–Crippen MR) is 138 cm³/mol. The first-order valence-corrected chi connectivity index (χ1v) is 13.2. The van der Waals surface area contributed by atoms with Gasteiger partial charge in [-0.3, -0.25) is 9.48 Å². The van der Waals surface area contributed by atoms with Crippen molar-refractivity contribution in [1.82, 2.24) is 25.0 Å². The highest BCUT2D eigenvalue weighted by Crippen LogP contribution is 2.45. The number of rotatable bonds is 6. The van der Waals surface area contributed by atoms with E-state index in [1.54, 1.807) is 28.8 Å². The van der Waals surface area contributed by atoms with E-state index in [-0.39, 0.29) is 30.2 Å². The number of halogens is 1. The van der Waals surface area contributed by atoms with Gasteiger partial charge in [-0.2, -0.15) is 0 Å². The highest BCUT2D eigenvalue weighted by atomic mass is 32.1. The molecule has 2 aromatic carbocycles. The number of ether oxygens (including phenoxy) is 1. The summed E-state index contributed by atoms with van der Waals surface area (Å²) in [7, 11) is 1.79. The minimum atomic E-state index is -0.611. The van der Waals surface area contributed by atoms with Gasteiger partial charge in [-0.05, 0) is 55.5 Å². The lowest BCUT2D eigenvalue weighted by Crippen LogP contribution is -2.44. The van der Waals surface area contributed by atoms with Gasteiger partial charge in [0.1, 0.15) is 11.5 Å². The second-order valence-electron chi connectivity index (χ2n) is 9.52. The smallest absolute Gasteiger partial charge is 0.389 e. The third-order valence-corrected chi connectivity index (χ3v) is 8.18. The molecule has 3 heterocycles. The third kappa shape index (κ3) is 4.69. The van der Waals surface area contributed by atoms with E-state index in [9.17, 15) is 14.0 Å². The number of carbonyl (C=O) groups is 2. The Morgan fingerprint density at radius 3 is 2.70 bits per heavy atom. The number of para-hydroxylation sites is 1. The Kier molecular flexibility index (Phi) is 6.11. The lowest BCUT2D eigenvalue weighted by molar-refractivity contribution is 0.0730. The van der Waals surface area contributed by atoms with Crippen molar-refractivity contribution in [1.29, 1.82) is 0 Å². The van der Waals surface area contributed by atoms with E-state index in [1.807, 2.05) is 24.3 Å². The van der Waals surface area contributed by atoms with E-state index < -0.39 is 6.09 Å². The maximum atomic E-state index is 13.7. The van der Waals surface area contributed by atoms with Crippen molar-refractivity contribution in [3.63, 3.8) is 0 Å². The molecular formula is C27H26FN5O3S. The van der Waals surface area contributed by atoms with Gasteiger partial charge in [-0.15, -0.1) is 16.4 Å². The van der Waals surface area contributed by atoms with Gasteiger partial charge in [-0.25, -0.2) is 14.2 Å². The molecule has 0 unspecified atom stereocenters. The van der Waals surface area contributed by atoms with Gasteiger partial charge in [0.15, 0.2) is 0 Å². The zero-order valence-corrected chi connectivity index (χ0v) is 21.1. The molecule has 1 atom stereocenters. The Labute approximate surface area is 217 Å². The monoisotopic (exact) mass is 519 g/mol. The number of aromatic nitrogens is 3. The van der Waals surface area contributed by atoms with Crippen molar-refractivity contribution in [2.24, 2.45) is 7.05 Å². The molecule has 6 rings (SSSR count). The summed E-state index contributed by atoms with van der Waals surface area (Å²) in [5.41, 5.74) is 2.06. The number of benzene rings is 2. The first-order chi connectivity index (χ1) is 18.0. The first-order valence-electron chi connectivity index (χ1n) is 12.4. The van der Waals surface area contributed by atoms with E-state index in [0.717, 1.165) is 52.0 Å². The molecule has 1 saturated carbocycles. The Balaban J connectivity index is 1.16. The summed E-state index contributed by atoms with van der Waals surface area (Å²) in [5, 5.41) is 8.81. The maximum Gasteiger partial charge on any atom is 0.414 e. The molecule has 2 aliphatic rings. The second kappa shape index (κ2) is 9.59. The number of hydrogen-bond acceptors (Lipinski definition) is 6. The maximum absolute atomic E-state index is 13.7. The van der Waals surface area contributed by atoms with Gasteiger partial charge < -0.3 is 15.0 Å². The molecule has 2 amide bonds. The van der Waals surface area contributed by atoms with Gasteiger partial charge in [-0.1, -0.05) is 24.3 Å². The van der Waals surface area contributed by atoms with Gasteiger partial charge in [0.25, 0.3) is 11.8 Å². The number of carbonyl (C=O) groups excluding carboxylic acids is 2. The zero-order valence-electron chi connectivity index (χ0n) is 20.3. The van der Waals surface area contributed by atoms with E-state index >= 15 is 0 Å². The minimum Gasteiger partial charge on any atom is -0.389 e. The SMILES string of the molecule is Cn1nc(OC(=O)NC[C@@H]2CCCN2C(=O)c2nc(C3CC3)sc2-c2ccc(F)cc2)c2ccccc21. The van der Waals surface area contributed by atoms with Crippen molar-refractivity contribution in [3.8, 4) is 16.3 Å². The summed E-state index contributed by atoms with van der Waals surface area (Å²) in [6, 6.07) is 13.5. The van der Waals surface area contributed by atoms with Crippen molar-refractivity contribution < 1.29 is 18.7 Å². The lowest BCUT2D eigenvalue weighted by Gasteiger charge is -2.24. The van der Waals surface area contributed by atoms with Crippen molar-refractivity contribution in [2.75, 3.05) is 13.1 Å². The van der Waals surface area contributed by atoms with Crippen molar-refractivity contribution in [2.45, 2.75) is 37.6 Å².